The van der Waals surface area contributed by atoms with E-state index in [1.54, 1.807) is 0 Å². The summed E-state index contributed by atoms with van der Waals surface area (Å²) in [4.78, 5) is 18.3. The molecule has 1 amide bonds. The summed E-state index contributed by atoms with van der Waals surface area (Å²) in [6, 6.07) is 17.4. The van der Waals surface area contributed by atoms with Crippen LogP contribution in [0.2, 0.25) is 0 Å². The molecule has 0 saturated heterocycles. The van der Waals surface area contributed by atoms with Gasteiger partial charge in [-0.3, -0.25) is 4.79 Å². The van der Waals surface area contributed by atoms with Gasteiger partial charge in [-0.15, -0.1) is 21.5 Å². The Bertz CT molecular complexity index is 1090. The second-order valence-electron chi connectivity index (χ2n) is 6.28. The molecule has 0 bridgehead atoms. The molecule has 8 heteroatoms. The fourth-order valence-corrected chi connectivity index (χ4v) is 3.49. The molecule has 0 fully saturated rings. The standard InChI is InChI=1S/C20H18N6OS/c1-14-7-5-6-10-17(14)22-18(27)11-19-21-16(13-28-19)12-26-24-20(23-25-26)15-8-3-2-4-9-15/h2-10,13H,11-12H2,1H3,(H,22,27). The lowest BCUT2D eigenvalue weighted by atomic mass is 10.2. The molecule has 140 valence electrons. The van der Waals surface area contributed by atoms with E-state index < -0.39 is 0 Å². The van der Waals surface area contributed by atoms with E-state index in [2.05, 4.69) is 25.7 Å². The van der Waals surface area contributed by atoms with E-state index >= 15 is 0 Å². The highest BCUT2D eigenvalue weighted by atomic mass is 32.1. The summed E-state index contributed by atoms with van der Waals surface area (Å²) in [7, 11) is 0. The monoisotopic (exact) mass is 390 g/mol. The van der Waals surface area contributed by atoms with Crippen molar-refractivity contribution < 1.29 is 4.79 Å². The predicted octanol–water partition coefficient (Wildman–Crippen LogP) is 3.33. The van der Waals surface area contributed by atoms with E-state index in [1.165, 1.54) is 16.1 Å². The van der Waals surface area contributed by atoms with E-state index in [9.17, 15) is 4.79 Å². The molecule has 0 atom stereocenters. The first-order valence-electron chi connectivity index (χ1n) is 8.79. The van der Waals surface area contributed by atoms with Crippen molar-refractivity contribution in [3.05, 3.63) is 76.2 Å². The fraction of sp³-hybridized carbons (Fsp3) is 0.150. The maximum Gasteiger partial charge on any atom is 0.231 e. The summed E-state index contributed by atoms with van der Waals surface area (Å²) in [5.74, 6) is 0.495. The van der Waals surface area contributed by atoms with E-state index in [-0.39, 0.29) is 12.3 Å². The number of hydrogen-bond donors (Lipinski definition) is 1. The first-order chi connectivity index (χ1) is 13.7. The number of aromatic nitrogens is 5. The van der Waals surface area contributed by atoms with Crippen LogP contribution in [0.4, 0.5) is 5.69 Å². The van der Waals surface area contributed by atoms with Gasteiger partial charge in [-0.2, -0.15) is 4.80 Å². The van der Waals surface area contributed by atoms with Gasteiger partial charge in [-0.25, -0.2) is 4.98 Å². The third-order valence-corrected chi connectivity index (χ3v) is 5.02. The number of hydrogen-bond acceptors (Lipinski definition) is 6. The first-order valence-corrected chi connectivity index (χ1v) is 9.67. The molecule has 2 aromatic heterocycles. The molecule has 0 saturated carbocycles. The van der Waals surface area contributed by atoms with Crippen molar-refractivity contribution >= 4 is 22.9 Å². The molecule has 0 aliphatic heterocycles. The molecule has 0 unspecified atom stereocenters. The van der Waals surface area contributed by atoms with Crippen LogP contribution in [-0.2, 0) is 17.8 Å². The quantitative estimate of drug-likeness (QED) is 0.546. The zero-order chi connectivity index (χ0) is 19.3. The first kappa shape index (κ1) is 18.0. The van der Waals surface area contributed by atoms with Gasteiger partial charge in [0.2, 0.25) is 11.7 Å². The van der Waals surface area contributed by atoms with Gasteiger partial charge in [0.15, 0.2) is 0 Å². The number of nitrogens with zero attached hydrogens (tertiary/aromatic N) is 5. The zero-order valence-electron chi connectivity index (χ0n) is 15.2. The fourth-order valence-electron chi connectivity index (χ4n) is 2.71. The lowest BCUT2D eigenvalue weighted by Gasteiger charge is -2.06. The number of tetrazole rings is 1. The predicted molar refractivity (Wildman–Crippen MR) is 108 cm³/mol. The van der Waals surface area contributed by atoms with Crippen molar-refractivity contribution in [3.8, 4) is 11.4 Å². The summed E-state index contributed by atoms with van der Waals surface area (Å²) in [6.45, 7) is 2.38. The molecule has 28 heavy (non-hydrogen) atoms. The van der Waals surface area contributed by atoms with E-state index in [1.807, 2.05) is 66.9 Å². The number of carbonyl (C=O) groups is 1. The van der Waals surface area contributed by atoms with Crippen LogP contribution >= 0.6 is 11.3 Å². The SMILES string of the molecule is Cc1ccccc1NC(=O)Cc1nc(Cn2nnc(-c3ccccc3)n2)cs1. The van der Waals surface area contributed by atoms with Gasteiger partial charge >= 0.3 is 0 Å². The highest BCUT2D eigenvalue weighted by molar-refractivity contribution is 7.09. The minimum absolute atomic E-state index is 0.0829. The average Bonchev–Trinajstić information content (AvgIpc) is 3.34. The molecule has 4 aromatic rings. The number of aryl methyl sites for hydroxylation is 1. The minimum Gasteiger partial charge on any atom is -0.325 e. The van der Waals surface area contributed by atoms with Crippen molar-refractivity contribution in [3.63, 3.8) is 0 Å². The van der Waals surface area contributed by atoms with Crippen molar-refractivity contribution in [1.82, 2.24) is 25.2 Å². The van der Waals surface area contributed by atoms with Crippen molar-refractivity contribution in [2.45, 2.75) is 19.9 Å². The van der Waals surface area contributed by atoms with Crippen molar-refractivity contribution in [2.75, 3.05) is 5.32 Å². The summed E-state index contributed by atoms with van der Waals surface area (Å²) >= 11 is 1.45. The highest BCUT2D eigenvalue weighted by Gasteiger charge is 2.11. The molecule has 0 aliphatic carbocycles. The smallest absolute Gasteiger partial charge is 0.231 e. The molecule has 2 heterocycles. The Balaban J connectivity index is 1.38. The van der Waals surface area contributed by atoms with Gasteiger partial charge in [0.05, 0.1) is 12.1 Å². The molecular weight excluding hydrogens is 372 g/mol. The molecule has 0 spiro atoms. The summed E-state index contributed by atoms with van der Waals surface area (Å²) in [5.41, 5.74) is 3.58. The number of para-hydroxylation sites is 1. The van der Waals surface area contributed by atoms with Crippen molar-refractivity contribution in [2.24, 2.45) is 0 Å². The average molecular weight is 390 g/mol. The van der Waals surface area contributed by atoms with Gasteiger partial charge in [-0.05, 0) is 23.8 Å². The zero-order valence-corrected chi connectivity index (χ0v) is 16.1. The van der Waals surface area contributed by atoms with Crippen LogP contribution in [0.1, 0.15) is 16.3 Å². The number of benzene rings is 2. The van der Waals surface area contributed by atoms with Crippen molar-refractivity contribution in [1.29, 1.82) is 0 Å². The van der Waals surface area contributed by atoms with E-state index in [4.69, 9.17) is 0 Å². The Morgan fingerprint density at radius 3 is 2.71 bits per heavy atom. The molecular formula is C20H18N6OS. The van der Waals surface area contributed by atoms with Crippen LogP contribution in [-0.4, -0.2) is 31.1 Å². The molecule has 4 rings (SSSR count). The Morgan fingerprint density at radius 1 is 1.11 bits per heavy atom. The Morgan fingerprint density at radius 2 is 1.89 bits per heavy atom. The topological polar surface area (TPSA) is 85.6 Å². The van der Waals surface area contributed by atoms with Crippen LogP contribution in [0.15, 0.2) is 60.0 Å². The summed E-state index contributed by atoms with van der Waals surface area (Å²) in [5, 5.41) is 18.2. The molecule has 7 nitrogen and oxygen atoms in total. The number of carbonyl (C=O) groups excluding carboxylic acids is 1. The van der Waals surface area contributed by atoms with Crippen LogP contribution < -0.4 is 5.32 Å². The van der Waals surface area contributed by atoms with Gasteiger partial charge < -0.3 is 5.32 Å². The van der Waals surface area contributed by atoms with Crippen LogP contribution in [0, 0.1) is 6.92 Å². The van der Waals surface area contributed by atoms with Crippen LogP contribution in [0.25, 0.3) is 11.4 Å². The third-order valence-electron chi connectivity index (χ3n) is 4.12. The highest BCUT2D eigenvalue weighted by Crippen LogP contribution is 2.16. The minimum atomic E-state index is -0.0829. The molecule has 0 aliphatic rings. The molecule has 1 N–H and O–H groups in total. The van der Waals surface area contributed by atoms with E-state index in [0.29, 0.717) is 12.4 Å². The number of amides is 1. The Labute approximate surface area is 166 Å². The third kappa shape index (κ3) is 4.29. The number of rotatable bonds is 6. The maximum absolute atomic E-state index is 12.3. The van der Waals surface area contributed by atoms with Crippen LogP contribution in [0.5, 0.6) is 0 Å². The van der Waals surface area contributed by atoms with Gasteiger partial charge in [0.25, 0.3) is 0 Å². The number of thiazole rings is 1. The summed E-state index contributed by atoms with van der Waals surface area (Å²) < 4.78 is 0. The lowest BCUT2D eigenvalue weighted by molar-refractivity contribution is -0.115. The normalized spacial score (nSPS) is 10.8. The Kier molecular flexibility index (Phi) is 5.20. The maximum atomic E-state index is 12.3. The van der Waals surface area contributed by atoms with Gasteiger partial charge in [0.1, 0.15) is 11.6 Å². The molecule has 2 aromatic carbocycles. The Hall–Kier alpha value is -3.39. The van der Waals surface area contributed by atoms with Gasteiger partial charge in [-0.1, -0.05) is 48.5 Å². The lowest BCUT2D eigenvalue weighted by Crippen LogP contribution is -2.15. The second-order valence-corrected chi connectivity index (χ2v) is 7.22. The van der Waals surface area contributed by atoms with Crippen LogP contribution in [0.3, 0.4) is 0 Å². The van der Waals surface area contributed by atoms with E-state index in [0.717, 1.165) is 27.5 Å². The summed E-state index contributed by atoms with van der Waals surface area (Å²) in [6.07, 6.45) is 0.235. The van der Waals surface area contributed by atoms with Gasteiger partial charge in [0, 0.05) is 16.6 Å². The second kappa shape index (κ2) is 8.10. The number of anilines is 1. The number of nitrogens with one attached hydrogen (secondary N) is 1. The molecule has 0 radical (unpaired) electrons. The largest absolute Gasteiger partial charge is 0.325 e.